The van der Waals surface area contributed by atoms with E-state index in [0.29, 0.717) is 5.56 Å². The number of pyridine rings is 2. The van der Waals surface area contributed by atoms with Crippen LogP contribution in [0.3, 0.4) is 0 Å². The molecule has 1 unspecified atom stereocenters. The van der Waals surface area contributed by atoms with Gasteiger partial charge in [-0.2, -0.15) is 0 Å². The Labute approximate surface area is 180 Å². The number of fused-ring (bicyclic) bond motifs is 1. The molecule has 0 bridgehead atoms. The molecule has 2 aliphatic rings. The van der Waals surface area contributed by atoms with Crippen molar-refractivity contribution >= 4 is 5.91 Å². The first-order valence-electron chi connectivity index (χ1n) is 10.7. The topological polar surface area (TPSA) is 64.1 Å². The van der Waals surface area contributed by atoms with Crippen LogP contribution in [0.15, 0.2) is 54.9 Å². The molecule has 2 aliphatic carbocycles. The van der Waals surface area contributed by atoms with Crippen molar-refractivity contribution in [2.45, 2.75) is 50.7 Å². The number of carbonyl (C=O) groups excluding carboxylic acids is 1. The van der Waals surface area contributed by atoms with Crippen LogP contribution in [0.1, 0.15) is 64.7 Å². The van der Waals surface area contributed by atoms with Gasteiger partial charge >= 0.3 is 0 Å². The highest BCUT2D eigenvalue weighted by Gasteiger charge is 2.47. The number of halogens is 1. The molecule has 1 amide bonds. The quantitative estimate of drug-likeness (QED) is 0.648. The average Bonchev–Trinajstić information content (AvgIpc) is 3.56. The first-order chi connectivity index (χ1) is 15.0. The van der Waals surface area contributed by atoms with Gasteiger partial charge in [0.2, 0.25) is 0 Å². The highest BCUT2D eigenvalue weighted by atomic mass is 19.1. The number of aromatic nitrogens is 2. The predicted octanol–water partition coefficient (Wildman–Crippen LogP) is 4.80. The summed E-state index contributed by atoms with van der Waals surface area (Å²) < 4.78 is 19.4. The minimum Gasteiger partial charge on any atom is -0.484 e. The van der Waals surface area contributed by atoms with Crippen LogP contribution in [0.4, 0.5) is 4.39 Å². The maximum atomic E-state index is 13.2. The Bertz CT molecular complexity index is 1130. The van der Waals surface area contributed by atoms with E-state index in [0.717, 1.165) is 60.4 Å². The predicted molar refractivity (Wildman–Crippen MR) is 114 cm³/mol. The fourth-order valence-corrected chi connectivity index (χ4v) is 4.19. The van der Waals surface area contributed by atoms with Crippen molar-refractivity contribution in [1.82, 2.24) is 15.3 Å². The Morgan fingerprint density at radius 1 is 1.16 bits per heavy atom. The molecule has 0 saturated heterocycles. The third-order valence-electron chi connectivity index (χ3n) is 6.20. The van der Waals surface area contributed by atoms with Crippen LogP contribution >= 0.6 is 0 Å². The van der Waals surface area contributed by atoms with E-state index in [1.54, 1.807) is 12.4 Å². The number of rotatable bonds is 5. The molecular weight excluding hydrogens is 393 g/mol. The van der Waals surface area contributed by atoms with Gasteiger partial charge in [-0.3, -0.25) is 14.8 Å². The monoisotopic (exact) mass is 417 g/mol. The van der Waals surface area contributed by atoms with Crippen LogP contribution in [0, 0.1) is 12.7 Å². The number of amides is 1. The molecule has 0 radical (unpaired) electrons. The lowest BCUT2D eigenvalue weighted by Gasteiger charge is -2.27. The van der Waals surface area contributed by atoms with E-state index >= 15 is 0 Å². The van der Waals surface area contributed by atoms with Gasteiger partial charge in [-0.05, 0) is 81.0 Å². The normalized spacial score (nSPS) is 18.7. The van der Waals surface area contributed by atoms with Gasteiger partial charge in [-0.15, -0.1) is 0 Å². The summed E-state index contributed by atoms with van der Waals surface area (Å²) in [6.45, 7) is 2.02. The van der Waals surface area contributed by atoms with Crippen molar-refractivity contribution in [3.63, 3.8) is 0 Å². The third-order valence-corrected chi connectivity index (χ3v) is 6.20. The van der Waals surface area contributed by atoms with Crippen LogP contribution in [0.2, 0.25) is 0 Å². The lowest BCUT2D eigenvalue weighted by atomic mass is 9.92. The second kappa shape index (κ2) is 7.76. The lowest BCUT2D eigenvalue weighted by molar-refractivity contribution is 0.0929. The van der Waals surface area contributed by atoms with Crippen molar-refractivity contribution in [1.29, 1.82) is 0 Å². The zero-order valence-corrected chi connectivity index (χ0v) is 17.4. The van der Waals surface area contributed by atoms with Gasteiger partial charge < -0.3 is 10.1 Å². The SMILES string of the molecule is Cc1ccncc1OC1CCCc2nc(C3(NC(=O)c4ccc(F)cc4)CC3)ccc21. The molecule has 2 aromatic heterocycles. The number of hydrogen-bond donors (Lipinski definition) is 1. The van der Waals surface area contributed by atoms with Gasteiger partial charge in [0.15, 0.2) is 0 Å². The van der Waals surface area contributed by atoms with Crippen molar-refractivity contribution < 1.29 is 13.9 Å². The Morgan fingerprint density at radius 3 is 2.71 bits per heavy atom. The molecule has 3 aromatic rings. The molecule has 2 heterocycles. The van der Waals surface area contributed by atoms with Gasteiger partial charge in [0.1, 0.15) is 17.7 Å². The lowest BCUT2D eigenvalue weighted by Crippen LogP contribution is -2.36. The van der Waals surface area contributed by atoms with Gasteiger partial charge in [0.05, 0.1) is 17.4 Å². The zero-order chi connectivity index (χ0) is 21.4. The van der Waals surface area contributed by atoms with E-state index < -0.39 is 5.54 Å². The summed E-state index contributed by atoms with van der Waals surface area (Å²) in [6.07, 6.45) is 8.02. The highest BCUT2D eigenvalue weighted by Crippen LogP contribution is 2.46. The molecule has 1 saturated carbocycles. The number of nitrogens with zero attached hydrogens (tertiary/aromatic N) is 2. The first-order valence-corrected chi connectivity index (χ1v) is 10.7. The van der Waals surface area contributed by atoms with Crippen LogP contribution in [0.5, 0.6) is 5.75 Å². The van der Waals surface area contributed by atoms with Crippen LogP contribution < -0.4 is 10.1 Å². The third kappa shape index (κ3) is 3.90. The van der Waals surface area contributed by atoms with Crippen molar-refractivity contribution in [3.8, 4) is 5.75 Å². The second-order valence-corrected chi connectivity index (χ2v) is 8.42. The number of aryl methyl sites for hydroxylation is 2. The van der Waals surface area contributed by atoms with E-state index in [1.165, 1.54) is 24.3 Å². The molecule has 1 N–H and O–H groups in total. The fraction of sp³-hybridized carbons (Fsp3) is 0.320. The molecule has 1 fully saturated rings. The van der Waals surface area contributed by atoms with Gasteiger partial charge in [0.25, 0.3) is 5.91 Å². The molecule has 1 atom stereocenters. The maximum absolute atomic E-state index is 13.2. The Kier molecular flexibility index (Phi) is 4.93. The van der Waals surface area contributed by atoms with E-state index in [-0.39, 0.29) is 17.8 Å². The molecular formula is C25H24FN3O2. The van der Waals surface area contributed by atoms with E-state index in [1.807, 2.05) is 19.1 Å². The van der Waals surface area contributed by atoms with Gasteiger partial charge in [0, 0.05) is 23.0 Å². The zero-order valence-electron chi connectivity index (χ0n) is 17.4. The number of ether oxygens (including phenoxy) is 1. The molecule has 0 aliphatic heterocycles. The maximum Gasteiger partial charge on any atom is 0.252 e. The van der Waals surface area contributed by atoms with Gasteiger partial charge in [-0.1, -0.05) is 6.07 Å². The summed E-state index contributed by atoms with van der Waals surface area (Å²) in [5, 5.41) is 3.12. The van der Waals surface area contributed by atoms with E-state index in [9.17, 15) is 9.18 Å². The van der Waals surface area contributed by atoms with Crippen LogP contribution in [0.25, 0.3) is 0 Å². The number of nitrogens with one attached hydrogen (secondary N) is 1. The Balaban J connectivity index is 1.36. The first kappa shape index (κ1) is 19.7. The smallest absolute Gasteiger partial charge is 0.252 e. The van der Waals surface area contributed by atoms with E-state index in [4.69, 9.17) is 9.72 Å². The molecule has 0 spiro atoms. The second-order valence-electron chi connectivity index (χ2n) is 8.42. The molecule has 158 valence electrons. The summed E-state index contributed by atoms with van der Waals surface area (Å²) in [5.74, 6) is 0.243. The fourth-order valence-electron chi connectivity index (χ4n) is 4.19. The summed E-state index contributed by atoms with van der Waals surface area (Å²) in [4.78, 5) is 21.8. The van der Waals surface area contributed by atoms with Gasteiger partial charge in [-0.25, -0.2) is 4.39 Å². The number of benzene rings is 1. The summed E-state index contributed by atoms with van der Waals surface area (Å²) in [5.41, 5.74) is 4.11. The van der Waals surface area contributed by atoms with Crippen LogP contribution in [-0.2, 0) is 12.0 Å². The molecule has 5 nitrogen and oxygen atoms in total. The van der Waals surface area contributed by atoms with Crippen molar-refractivity contribution in [3.05, 3.63) is 88.8 Å². The summed E-state index contributed by atoms with van der Waals surface area (Å²) in [7, 11) is 0. The van der Waals surface area contributed by atoms with Crippen LogP contribution in [-0.4, -0.2) is 15.9 Å². The van der Waals surface area contributed by atoms with Crippen molar-refractivity contribution in [2.24, 2.45) is 0 Å². The minimum atomic E-state index is -0.436. The standard InChI is InChI=1S/C25H24FN3O2/c1-16-11-14-27-15-22(16)31-21-4-2-3-20-19(21)9-10-23(28-20)25(12-13-25)29-24(30)17-5-7-18(26)8-6-17/h5-11,14-15,21H,2-4,12-13H2,1H3,(H,29,30). The highest BCUT2D eigenvalue weighted by molar-refractivity contribution is 5.95. The summed E-state index contributed by atoms with van der Waals surface area (Å²) >= 11 is 0. The molecule has 6 heteroatoms. The molecule has 1 aromatic carbocycles. The summed E-state index contributed by atoms with van der Waals surface area (Å²) in [6, 6.07) is 11.7. The molecule has 5 rings (SSSR count). The minimum absolute atomic E-state index is 0.0443. The molecule has 31 heavy (non-hydrogen) atoms. The Hall–Kier alpha value is -3.28. The number of hydrogen-bond acceptors (Lipinski definition) is 4. The Morgan fingerprint density at radius 2 is 1.97 bits per heavy atom. The largest absolute Gasteiger partial charge is 0.484 e. The van der Waals surface area contributed by atoms with Crippen molar-refractivity contribution in [2.75, 3.05) is 0 Å². The average molecular weight is 417 g/mol. The van der Waals surface area contributed by atoms with E-state index in [2.05, 4.69) is 16.4 Å². The number of carbonyl (C=O) groups is 1.